The Balaban J connectivity index is 2.15. The SMILES string of the molecule is CC(C)CCCC1CCC(Cl)C1C. The maximum atomic E-state index is 6.20. The zero-order chi connectivity index (χ0) is 9.84. The monoisotopic (exact) mass is 202 g/mol. The minimum absolute atomic E-state index is 0.462. The van der Waals surface area contributed by atoms with E-state index in [4.69, 9.17) is 11.6 Å². The summed E-state index contributed by atoms with van der Waals surface area (Å²) in [5.41, 5.74) is 0. The fourth-order valence-corrected chi connectivity index (χ4v) is 2.72. The molecule has 0 saturated heterocycles. The van der Waals surface area contributed by atoms with Crippen LogP contribution >= 0.6 is 11.6 Å². The molecule has 1 aliphatic carbocycles. The van der Waals surface area contributed by atoms with Gasteiger partial charge in [-0.25, -0.2) is 0 Å². The normalized spacial score (nSPS) is 34.4. The second-order valence-electron chi connectivity index (χ2n) is 5.04. The van der Waals surface area contributed by atoms with Crippen LogP contribution in [0.2, 0.25) is 0 Å². The highest BCUT2D eigenvalue weighted by Gasteiger charge is 2.30. The summed E-state index contributed by atoms with van der Waals surface area (Å²) in [6.07, 6.45) is 6.80. The van der Waals surface area contributed by atoms with Crippen LogP contribution in [0.15, 0.2) is 0 Å². The molecule has 0 amide bonds. The van der Waals surface area contributed by atoms with Crippen molar-refractivity contribution in [3.8, 4) is 0 Å². The molecule has 1 saturated carbocycles. The standard InChI is InChI=1S/C12H23Cl/c1-9(2)5-4-6-11-7-8-12(13)10(11)3/h9-12H,4-8H2,1-3H3. The molecule has 0 aromatic heterocycles. The van der Waals surface area contributed by atoms with Gasteiger partial charge in [0.15, 0.2) is 0 Å². The second kappa shape index (κ2) is 5.24. The molecule has 0 aliphatic heterocycles. The third-order valence-corrected chi connectivity index (χ3v) is 4.10. The van der Waals surface area contributed by atoms with Gasteiger partial charge < -0.3 is 0 Å². The van der Waals surface area contributed by atoms with Crippen molar-refractivity contribution in [1.82, 2.24) is 0 Å². The molecule has 1 heteroatoms. The summed E-state index contributed by atoms with van der Waals surface area (Å²) in [7, 11) is 0. The third kappa shape index (κ3) is 3.50. The van der Waals surface area contributed by atoms with E-state index in [0.29, 0.717) is 5.38 Å². The van der Waals surface area contributed by atoms with E-state index < -0.39 is 0 Å². The molecule has 3 atom stereocenters. The Hall–Kier alpha value is 0.290. The van der Waals surface area contributed by atoms with E-state index in [1.54, 1.807) is 0 Å². The van der Waals surface area contributed by atoms with Crippen LogP contribution < -0.4 is 0 Å². The van der Waals surface area contributed by atoms with Crippen LogP contribution in [0.1, 0.15) is 52.9 Å². The third-order valence-electron chi connectivity index (χ3n) is 3.48. The summed E-state index contributed by atoms with van der Waals surface area (Å²) in [4.78, 5) is 0. The maximum absolute atomic E-state index is 6.20. The lowest BCUT2D eigenvalue weighted by Crippen LogP contribution is -2.10. The number of hydrogen-bond donors (Lipinski definition) is 0. The van der Waals surface area contributed by atoms with E-state index in [9.17, 15) is 0 Å². The number of rotatable bonds is 4. The molecule has 0 nitrogen and oxygen atoms in total. The van der Waals surface area contributed by atoms with Gasteiger partial charge in [0.25, 0.3) is 0 Å². The van der Waals surface area contributed by atoms with E-state index in [-0.39, 0.29) is 0 Å². The zero-order valence-electron chi connectivity index (χ0n) is 9.22. The quantitative estimate of drug-likeness (QED) is 0.591. The largest absolute Gasteiger partial charge is 0.123 e. The van der Waals surface area contributed by atoms with Gasteiger partial charge in [0.1, 0.15) is 0 Å². The minimum Gasteiger partial charge on any atom is -0.123 e. The first-order valence-corrected chi connectivity index (χ1v) is 6.19. The molecule has 0 aromatic rings. The van der Waals surface area contributed by atoms with Crippen molar-refractivity contribution in [2.24, 2.45) is 17.8 Å². The highest BCUT2D eigenvalue weighted by Crippen LogP contribution is 2.38. The van der Waals surface area contributed by atoms with Crippen molar-refractivity contribution < 1.29 is 0 Å². The Bertz CT molecular complexity index is 142. The fourth-order valence-electron chi connectivity index (χ4n) is 2.39. The van der Waals surface area contributed by atoms with E-state index >= 15 is 0 Å². The smallest absolute Gasteiger partial charge is 0.0364 e. The molecule has 78 valence electrons. The Labute approximate surface area is 88.1 Å². The zero-order valence-corrected chi connectivity index (χ0v) is 9.98. The van der Waals surface area contributed by atoms with Crippen LogP contribution in [-0.4, -0.2) is 5.38 Å². The average molecular weight is 203 g/mol. The molecule has 0 radical (unpaired) electrons. The van der Waals surface area contributed by atoms with Crippen molar-refractivity contribution in [2.75, 3.05) is 0 Å². The molecule has 3 unspecified atom stereocenters. The van der Waals surface area contributed by atoms with Crippen LogP contribution in [0.4, 0.5) is 0 Å². The summed E-state index contributed by atoms with van der Waals surface area (Å²) in [6, 6.07) is 0. The van der Waals surface area contributed by atoms with Gasteiger partial charge in [0.05, 0.1) is 0 Å². The fraction of sp³-hybridized carbons (Fsp3) is 1.00. The van der Waals surface area contributed by atoms with Gasteiger partial charge >= 0.3 is 0 Å². The molecule has 0 aromatic carbocycles. The second-order valence-corrected chi connectivity index (χ2v) is 5.60. The molecule has 1 aliphatic rings. The molecule has 0 spiro atoms. The Kier molecular flexibility index (Phi) is 4.58. The average Bonchev–Trinajstić information content (AvgIpc) is 2.35. The van der Waals surface area contributed by atoms with E-state index in [0.717, 1.165) is 17.8 Å². The first-order valence-electron chi connectivity index (χ1n) is 5.75. The van der Waals surface area contributed by atoms with Gasteiger partial charge in [-0.2, -0.15) is 0 Å². The Morgan fingerprint density at radius 3 is 2.46 bits per heavy atom. The lowest BCUT2D eigenvalue weighted by atomic mass is 9.91. The van der Waals surface area contributed by atoms with Gasteiger partial charge in [-0.15, -0.1) is 11.6 Å². The topological polar surface area (TPSA) is 0 Å². The van der Waals surface area contributed by atoms with Crippen LogP contribution in [0, 0.1) is 17.8 Å². The summed E-state index contributed by atoms with van der Waals surface area (Å²) in [6.45, 7) is 6.94. The molecule has 1 rings (SSSR count). The highest BCUT2D eigenvalue weighted by molar-refractivity contribution is 6.20. The van der Waals surface area contributed by atoms with Gasteiger partial charge in [0.2, 0.25) is 0 Å². The van der Waals surface area contributed by atoms with Gasteiger partial charge in [-0.3, -0.25) is 0 Å². The first-order chi connectivity index (χ1) is 6.11. The van der Waals surface area contributed by atoms with Gasteiger partial charge in [-0.1, -0.05) is 40.0 Å². The summed E-state index contributed by atoms with van der Waals surface area (Å²) < 4.78 is 0. The predicted octanol–water partition coefficient (Wildman–Crippen LogP) is 4.47. The van der Waals surface area contributed by atoms with E-state index in [2.05, 4.69) is 20.8 Å². The molecular formula is C12H23Cl. The van der Waals surface area contributed by atoms with Crippen LogP contribution in [-0.2, 0) is 0 Å². The molecule has 1 fully saturated rings. The van der Waals surface area contributed by atoms with E-state index in [1.807, 2.05) is 0 Å². The van der Waals surface area contributed by atoms with Crippen molar-refractivity contribution in [1.29, 1.82) is 0 Å². The molecule has 13 heavy (non-hydrogen) atoms. The summed E-state index contributed by atoms with van der Waals surface area (Å²) in [5, 5.41) is 0.462. The predicted molar refractivity (Wildman–Crippen MR) is 60.2 cm³/mol. The van der Waals surface area contributed by atoms with Crippen molar-refractivity contribution >= 4 is 11.6 Å². The molecule has 0 N–H and O–H groups in total. The number of halogens is 1. The molecule has 0 bridgehead atoms. The van der Waals surface area contributed by atoms with Crippen LogP contribution in [0.25, 0.3) is 0 Å². The van der Waals surface area contributed by atoms with Gasteiger partial charge in [-0.05, 0) is 30.6 Å². The lowest BCUT2D eigenvalue weighted by molar-refractivity contribution is 0.367. The highest BCUT2D eigenvalue weighted by atomic mass is 35.5. The number of alkyl halides is 1. The van der Waals surface area contributed by atoms with Crippen LogP contribution in [0.5, 0.6) is 0 Å². The van der Waals surface area contributed by atoms with Crippen molar-refractivity contribution in [3.63, 3.8) is 0 Å². The van der Waals surface area contributed by atoms with Crippen molar-refractivity contribution in [3.05, 3.63) is 0 Å². The Morgan fingerprint density at radius 1 is 1.31 bits per heavy atom. The molecular weight excluding hydrogens is 180 g/mol. The van der Waals surface area contributed by atoms with Gasteiger partial charge in [0, 0.05) is 5.38 Å². The van der Waals surface area contributed by atoms with Crippen molar-refractivity contribution in [2.45, 2.75) is 58.3 Å². The van der Waals surface area contributed by atoms with Crippen LogP contribution in [0.3, 0.4) is 0 Å². The minimum atomic E-state index is 0.462. The first kappa shape index (κ1) is 11.4. The number of hydrogen-bond acceptors (Lipinski definition) is 0. The van der Waals surface area contributed by atoms with E-state index in [1.165, 1.54) is 32.1 Å². The summed E-state index contributed by atoms with van der Waals surface area (Å²) >= 11 is 6.20. The molecule has 0 heterocycles. The summed E-state index contributed by atoms with van der Waals surface area (Å²) in [5.74, 6) is 2.54. The Morgan fingerprint density at radius 2 is 2.00 bits per heavy atom. The lowest BCUT2D eigenvalue weighted by Gasteiger charge is -2.17. The maximum Gasteiger partial charge on any atom is 0.0364 e.